The lowest BCUT2D eigenvalue weighted by atomic mass is 10.1. The molecule has 1 N–H and O–H groups in total. The van der Waals surface area contributed by atoms with Gasteiger partial charge in [0.15, 0.2) is 0 Å². The van der Waals surface area contributed by atoms with Crippen molar-refractivity contribution >= 4 is 5.97 Å². The Balaban J connectivity index is 2.50. The largest absolute Gasteiger partial charge is 0.481 e. The number of carboxylic acid groups (broad SMARTS) is 1. The van der Waals surface area contributed by atoms with Crippen LogP contribution in [0, 0.1) is 13.8 Å². The molecule has 0 saturated carbocycles. The molecule has 0 bridgehead atoms. The molecule has 7 heteroatoms. The Labute approximate surface area is 115 Å². The highest BCUT2D eigenvalue weighted by Gasteiger charge is 2.15. The first-order valence-corrected chi connectivity index (χ1v) is 6.15. The molecule has 0 aliphatic rings. The second-order valence-corrected chi connectivity index (χ2v) is 4.65. The van der Waals surface area contributed by atoms with E-state index in [1.165, 1.54) is 4.57 Å². The van der Waals surface area contributed by atoms with Crippen molar-refractivity contribution in [1.29, 1.82) is 0 Å². The van der Waals surface area contributed by atoms with Gasteiger partial charge in [0, 0.05) is 36.4 Å². The lowest BCUT2D eigenvalue weighted by Crippen LogP contribution is -2.29. The minimum Gasteiger partial charge on any atom is -0.481 e. The van der Waals surface area contributed by atoms with Crippen LogP contribution in [-0.4, -0.2) is 30.2 Å². The highest BCUT2D eigenvalue weighted by molar-refractivity contribution is 5.70. The maximum absolute atomic E-state index is 12.0. The molecule has 20 heavy (non-hydrogen) atoms. The van der Waals surface area contributed by atoms with Crippen molar-refractivity contribution in [3.8, 4) is 0 Å². The molecule has 0 aliphatic heterocycles. The average Bonchev–Trinajstić information content (AvgIpc) is 2.75. The van der Waals surface area contributed by atoms with E-state index in [2.05, 4.69) is 9.97 Å². The molecule has 0 amide bonds. The van der Waals surface area contributed by atoms with Crippen molar-refractivity contribution in [2.75, 3.05) is 0 Å². The topological polar surface area (TPSA) is 90.0 Å². The third-order valence-corrected chi connectivity index (χ3v) is 3.32. The monoisotopic (exact) mass is 276 g/mol. The number of hydrogen-bond donors (Lipinski definition) is 1. The second-order valence-electron chi connectivity index (χ2n) is 4.65. The fraction of sp³-hybridized carbons (Fsp3) is 0.385. The van der Waals surface area contributed by atoms with Crippen LogP contribution < -0.4 is 5.69 Å². The Morgan fingerprint density at radius 2 is 2.10 bits per heavy atom. The lowest BCUT2D eigenvalue weighted by molar-refractivity contribution is -0.136. The van der Waals surface area contributed by atoms with Crippen LogP contribution in [0.4, 0.5) is 0 Å². The summed E-state index contributed by atoms with van der Waals surface area (Å²) in [4.78, 5) is 31.0. The van der Waals surface area contributed by atoms with Crippen LogP contribution in [0.3, 0.4) is 0 Å². The Morgan fingerprint density at radius 3 is 2.65 bits per heavy atom. The van der Waals surface area contributed by atoms with E-state index in [9.17, 15) is 9.59 Å². The average molecular weight is 276 g/mol. The first-order chi connectivity index (χ1) is 9.40. The molecule has 0 unspecified atom stereocenters. The van der Waals surface area contributed by atoms with E-state index in [0.29, 0.717) is 22.8 Å². The summed E-state index contributed by atoms with van der Waals surface area (Å²) in [7, 11) is 1.84. The normalized spacial score (nSPS) is 10.8. The van der Waals surface area contributed by atoms with Crippen LogP contribution in [0.25, 0.3) is 0 Å². The summed E-state index contributed by atoms with van der Waals surface area (Å²) in [6.45, 7) is 3.66. The van der Waals surface area contributed by atoms with Crippen molar-refractivity contribution in [1.82, 2.24) is 19.1 Å². The number of aliphatic carboxylic acids is 1. The fourth-order valence-electron chi connectivity index (χ4n) is 2.12. The molecule has 2 rings (SSSR count). The highest BCUT2D eigenvalue weighted by Crippen LogP contribution is 2.11. The van der Waals surface area contributed by atoms with E-state index in [0.717, 1.165) is 0 Å². The standard InChI is InChI=1S/C13H16N4O3/c1-8-10(6-12(18)19)9(2)17(13(20)15-8)7-11-14-4-5-16(11)3/h4-5H,6-7H2,1-3H3,(H,18,19). The number of carbonyl (C=O) groups is 1. The zero-order chi connectivity index (χ0) is 14.9. The summed E-state index contributed by atoms with van der Waals surface area (Å²) in [6.07, 6.45) is 3.29. The summed E-state index contributed by atoms with van der Waals surface area (Å²) < 4.78 is 3.26. The first-order valence-electron chi connectivity index (χ1n) is 6.15. The maximum Gasteiger partial charge on any atom is 0.348 e. The van der Waals surface area contributed by atoms with E-state index in [-0.39, 0.29) is 13.0 Å². The zero-order valence-electron chi connectivity index (χ0n) is 11.6. The van der Waals surface area contributed by atoms with E-state index >= 15 is 0 Å². The SMILES string of the molecule is Cc1nc(=O)n(Cc2nccn2C)c(C)c1CC(=O)O. The van der Waals surface area contributed by atoms with Gasteiger partial charge in [-0.15, -0.1) is 0 Å². The molecule has 0 fully saturated rings. The molecular weight excluding hydrogens is 260 g/mol. The summed E-state index contributed by atoms with van der Waals surface area (Å²) in [5.41, 5.74) is 1.27. The van der Waals surface area contributed by atoms with Crippen molar-refractivity contribution in [2.45, 2.75) is 26.8 Å². The van der Waals surface area contributed by atoms with Crippen LogP contribution in [0.2, 0.25) is 0 Å². The van der Waals surface area contributed by atoms with Gasteiger partial charge in [-0.3, -0.25) is 9.36 Å². The molecule has 2 aromatic rings. The molecule has 0 radical (unpaired) electrons. The molecule has 0 saturated heterocycles. The van der Waals surface area contributed by atoms with E-state index < -0.39 is 11.7 Å². The van der Waals surface area contributed by atoms with Gasteiger partial charge in [0.25, 0.3) is 0 Å². The molecule has 0 atom stereocenters. The van der Waals surface area contributed by atoms with Crippen molar-refractivity contribution in [2.24, 2.45) is 7.05 Å². The van der Waals surface area contributed by atoms with Gasteiger partial charge in [-0.05, 0) is 13.8 Å². The summed E-state index contributed by atoms with van der Waals surface area (Å²) in [6, 6.07) is 0. The highest BCUT2D eigenvalue weighted by atomic mass is 16.4. The smallest absolute Gasteiger partial charge is 0.348 e. The number of nitrogens with zero attached hydrogens (tertiary/aromatic N) is 4. The molecular formula is C13H16N4O3. The molecule has 7 nitrogen and oxygen atoms in total. The predicted molar refractivity (Wildman–Crippen MR) is 71.6 cm³/mol. The van der Waals surface area contributed by atoms with Gasteiger partial charge in [-0.1, -0.05) is 0 Å². The van der Waals surface area contributed by atoms with E-state index in [4.69, 9.17) is 5.11 Å². The first kappa shape index (κ1) is 14.0. The van der Waals surface area contributed by atoms with Gasteiger partial charge in [0.2, 0.25) is 0 Å². The van der Waals surface area contributed by atoms with E-state index in [1.54, 1.807) is 26.2 Å². The Hall–Kier alpha value is -2.44. The number of rotatable bonds is 4. The van der Waals surface area contributed by atoms with Crippen LogP contribution in [0.1, 0.15) is 22.8 Å². The van der Waals surface area contributed by atoms with Gasteiger partial charge in [0.1, 0.15) is 5.82 Å². The number of carboxylic acids is 1. The third kappa shape index (κ3) is 2.61. The van der Waals surface area contributed by atoms with Crippen LogP contribution >= 0.6 is 0 Å². The summed E-state index contributed by atoms with van der Waals surface area (Å²) in [5, 5.41) is 8.95. The number of hydrogen-bond acceptors (Lipinski definition) is 4. The fourth-order valence-corrected chi connectivity index (χ4v) is 2.12. The van der Waals surface area contributed by atoms with Crippen LogP contribution in [-0.2, 0) is 24.8 Å². The van der Waals surface area contributed by atoms with Crippen LogP contribution in [0.5, 0.6) is 0 Å². The van der Waals surface area contributed by atoms with Gasteiger partial charge in [-0.25, -0.2) is 9.78 Å². The minimum atomic E-state index is -0.944. The summed E-state index contributed by atoms with van der Waals surface area (Å²) >= 11 is 0. The second kappa shape index (κ2) is 5.28. The van der Waals surface area contributed by atoms with Crippen molar-refractivity contribution in [3.63, 3.8) is 0 Å². The molecule has 0 spiro atoms. The zero-order valence-corrected chi connectivity index (χ0v) is 11.6. The molecule has 2 heterocycles. The molecule has 0 aliphatic carbocycles. The quantitative estimate of drug-likeness (QED) is 0.865. The number of aromatic nitrogens is 4. The third-order valence-electron chi connectivity index (χ3n) is 3.32. The molecule has 106 valence electrons. The minimum absolute atomic E-state index is 0.147. The summed E-state index contributed by atoms with van der Waals surface area (Å²) in [5.74, 6) is -0.234. The Bertz CT molecular complexity index is 715. The lowest BCUT2D eigenvalue weighted by Gasteiger charge is -2.14. The van der Waals surface area contributed by atoms with Crippen molar-refractivity contribution < 1.29 is 9.90 Å². The van der Waals surface area contributed by atoms with Gasteiger partial charge in [0.05, 0.1) is 13.0 Å². The number of imidazole rings is 1. The Kier molecular flexibility index (Phi) is 3.69. The maximum atomic E-state index is 12.0. The van der Waals surface area contributed by atoms with Crippen molar-refractivity contribution in [3.05, 3.63) is 45.7 Å². The molecule has 0 aromatic carbocycles. The number of aryl methyl sites for hydroxylation is 2. The van der Waals surface area contributed by atoms with E-state index in [1.807, 2.05) is 11.6 Å². The predicted octanol–water partition coefficient (Wildman–Crippen LogP) is 0.269. The molecule has 2 aromatic heterocycles. The van der Waals surface area contributed by atoms with Gasteiger partial charge in [-0.2, -0.15) is 4.98 Å². The van der Waals surface area contributed by atoms with Crippen LogP contribution in [0.15, 0.2) is 17.2 Å². The van der Waals surface area contributed by atoms with Gasteiger partial charge < -0.3 is 9.67 Å². The van der Waals surface area contributed by atoms with Gasteiger partial charge >= 0.3 is 11.7 Å². The Morgan fingerprint density at radius 1 is 1.40 bits per heavy atom.